The van der Waals surface area contributed by atoms with E-state index in [9.17, 15) is 9.50 Å². The molecule has 1 aliphatic rings. The van der Waals surface area contributed by atoms with Gasteiger partial charge in [-0.05, 0) is 44.0 Å². The van der Waals surface area contributed by atoms with Crippen LogP contribution in [0.1, 0.15) is 32.6 Å². The van der Waals surface area contributed by atoms with Gasteiger partial charge in [0.2, 0.25) is 0 Å². The molecule has 0 aliphatic heterocycles. The normalized spacial score (nSPS) is 16.4. The minimum atomic E-state index is -0.709. The first-order valence-electron chi connectivity index (χ1n) is 8.28. The summed E-state index contributed by atoms with van der Waals surface area (Å²) in [5.41, 5.74) is 0. The van der Waals surface area contributed by atoms with Crippen molar-refractivity contribution < 1.29 is 14.2 Å². The fraction of sp³-hybridized carbons (Fsp3) is 0.588. The van der Waals surface area contributed by atoms with Crippen molar-refractivity contribution in [3.05, 3.63) is 30.1 Å². The first-order chi connectivity index (χ1) is 11.2. The number of nitrogens with one attached hydrogen (secondary N) is 2. The van der Waals surface area contributed by atoms with Gasteiger partial charge in [-0.1, -0.05) is 12.8 Å². The van der Waals surface area contributed by atoms with Crippen molar-refractivity contribution in [3.8, 4) is 5.75 Å². The summed E-state index contributed by atoms with van der Waals surface area (Å²) in [5.74, 6) is 0.960. The SMILES string of the molecule is CCNC(=NCC(O)COc1ccc(F)cc1)NC1CCCC1.I. The zero-order chi connectivity index (χ0) is 16.5. The molecule has 1 fully saturated rings. The number of guanidine groups is 1. The van der Waals surface area contributed by atoms with Gasteiger partial charge in [-0.15, -0.1) is 24.0 Å². The van der Waals surface area contributed by atoms with Gasteiger partial charge < -0.3 is 20.5 Å². The maximum Gasteiger partial charge on any atom is 0.191 e. The average Bonchev–Trinajstić information content (AvgIpc) is 3.05. The number of hydrogen-bond donors (Lipinski definition) is 3. The van der Waals surface area contributed by atoms with Crippen LogP contribution in [-0.2, 0) is 0 Å². The van der Waals surface area contributed by atoms with Crippen molar-refractivity contribution in [3.63, 3.8) is 0 Å². The number of ether oxygens (including phenoxy) is 1. The largest absolute Gasteiger partial charge is 0.491 e. The van der Waals surface area contributed by atoms with Crippen LogP contribution in [0.15, 0.2) is 29.3 Å². The minimum absolute atomic E-state index is 0. The van der Waals surface area contributed by atoms with E-state index in [0.29, 0.717) is 11.8 Å². The Hall–Kier alpha value is -1.09. The molecule has 1 aliphatic carbocycles. The Morgan fingerprint density at radius 2 is 2.00 bits per heavy atom. The van der Waals surface area contributed by atoms with Gasteiger partial charge >= 0.3 is 0 Å². The second kappa shape index (κ2) is 11.5. The van der Waals surface area contributed by atoms with Crippen molar-refractivity contribution in [1.29, 1.82) is 0 Å². The lowest BCUT2D eigenvalue weighted by Gasteiger charge is -2.17. The summed E-state index contributed by atoms with van der Waals surface area (Å²) in [4.78, 5) is 4.41. The Bertz CT molecular complexity index is 493. The topological polar surface area (TPSA) is 65.9 Å². The van der Waals surface area contributed by atoms with Crippen LogP contribution in [-0.4, -0.2) is 42.9 Å². The van der Waals surface area contributed by atoms with E-state index < -0.39 is 6.10 Å². The first kappa shape index (κ1) is 21.0. The Morgan fingerprint density at radius 3 is 2.62 bits per heavy atom. The standard InChI is InChI=1S/C17H26FN3O2.HI/c1-2-19-17(21-14-5-3-4-6-14)20-11-15(22)12-23-16-9-7-13(18)8-10-16;/h7-10,14-15,22H,2-6,11-12H2,1H3,(H2,19,20,21);1H. The lowest BCUT2D eigenvalue weighted by atomic mass is 10.2. The van der Waals surface area contributed by atoms with Gasteiger partial charge in [-0.25, -0.2) is 4.39 Å². The molecule has 5 nitrogen and oxygen atoms in total. The molecular weight excluding hydrogens is 424 g/mol. The lowest BCUT2D eigenvalue weighted by Crippen LogP contribution is -2.43. The number of hydrogen-bond acceptors (Lipinski definition) is 3. The molecule has 0 heterocycles. The van der Waals surface area contributed by atoms with E-state index in [0.717, 1.165) is 12.5 Å². The van der Waals surface area contributed by atoms with E-state index in [-0.39, 0.29) is 42.9 Å². The molecular formula is C17H27FIN3O2. The zero-order valence-corrected chi connectivity index (χ0v) is 16.3. The second-order valence-electron chi connectivity index (χ2n) is 5.76. The van der Waals surface area contributed by atoms with Crippen LogP contribution in [0, 0.1) is 5.82 Å². The molecule has 0 radical (unpaired) electrons. The maximum atomic E-state index is 12.8. The predicted molar refractivity (Wildman–Crippen MR) is 105 cm³/mol. The molecule has 0 saturated heterocycles. The number of aliphatic imine (C=N–C) groups is 1. The van der Waals surface area contributed by atoms with Crippen LogP contribution in [0.2, 0.25) is 0 Å². The minimum Gasteiger partial charge on any atom is -0.491 e. The van der Waals surface area contributed by atoms with Gasteiger partial charge in [-0.3, -0.25) is 4.99 Å². The molecule has 3 N–H and O–H groups in total. The van der Waals surface area contributed by atoms with E-state index in [4.69, 9.17) is 4.74 Å². The third-order valence-corrected chi connectivity index (χ3v) is 3.76. The molecule has 0 spiro atoms. The third-order valence-electron chi connectivity index (χ3n) is 3.76. The Labute approximate surface area is 160 Å². The summed E-state index contributed by atoms with van der Waals surface area (Å²) in [6, 6.07) is 6.21. The van der Waals surface area contributed by atoms with Crippen LogP contribution < -0.4 is 15.4 Å². The van der Waals surface area contributed by atoms with Crippen molar-refractivity contribution >= 4 is 29.9 Å². The highest BCUT2D eigenvalue weighted by Crippen LogP contribution is 2.17. The molecule has 1 aromatic carbocycles. The van der Waals surface area contributed by atoms with Crippen LogP contribution >= 0.6 is 24.0 Å². The van der Waals surface area contributed by atoms with Crippen molar-refractivity contribution in [2.75, 3.05) is 19.7 Å². The van der Waals surface area contributed by atoms with Crippen molar-refractivity contribution in [1.82, 2.24) is 10.6 Å². The van der Waals surface area contributed by atoms with Gasteiger partial charge in [0.15, 0.2) is 5.96 Å². The molecule has 7 heteroatoms. The van der Waals surface area contributed by atoms with Crippen LogP contribution in [0.4, 0.5) is 4.39 Å². The molecule has 0 bridgehead atoms. The Kier molecular flexibility index (Phi) is 10.0. The highest BCUT2D eigenvalue weighted by Gasteiger charge is 2.16. The van der Waals surface area contributed by atoms with Gasteiger partial charge in [-0.2, -0.15) is 0 Å². The molecule has 2 rings (SSSR count). The molecule has 1 unspecified atom stereocenters. The number of aliphatic hydroxyl groups is 1. The second-order valence-corrected chi connectivity index (χ2v) is 5.76. The first-order valence-corrected chi connectivity index (χ1v) is 8.28. The molecule has 24 heavy (non-hydrogen) atoms. The zero-order valence-electron chi connectivity index (χ0n) is 14.0. The Balaban J connectivity index is 0.00000288. The highest BCUT2D eigenvalue weighted by molar-refractivity contribution is 14.0. The van der Waals surface area contributed by atoms with E-state index in [2.05, 4.69) is 15.6 Å². The van der Waals surface area contributed by atoms with E-state index in [1.807, 2.05) is 6.92 Å². The molecule has 136 valence electrons. The smallest absolute Gasteiger partial charge is 0.191 e. The van der Waals surface area contributed by atoms with Crippen molar-refractivity contribution in [2.24, 2.45) is 4.99 Å². The van der Waals surface area contributed by atoms with Gasteiger partial charge in [0.1, 0.15) is 24.3 Å². The Morgan fingerprint density at radius 1 is 1.33 bits per heavy atom. The molecule has 1 saturated carbocycles. The lowest BCUT2D eigenvalue weighted by molar-refractivity contribution is 0.114. The quantitative estimate of drug-likeness (QED) is 0.339. The fourth-order valence-corrected chi connectivity index (χ4v) is 2.56. The third kappa shape index (κ3) is 7.65. The van der Waals surface area contributed by atoms with E-state index in [1.165, 1.54) is 49.9 Å². The number of benzene rings is 1. The maximum absolute atomic E-state index is 12.8. The predicted octanol–water partition coefficient (Wildman–Crippen LogP) is 2.68. The molecule has 0 amide bonds. The highest BCUT2D eigenvalue weighted by atomic mass is 127. The van der Waals surface area contributed by atoms with Crippen LogP contribution in [0.3, 0.4) is 0 Å². The number of rotatable bonds is 7. The summed E-state index contributed by atoms with van der Waals surface area (Å²) in [7, 11) is 0. The fourth-order valence-electron chi connectivity index (χ4n) is 2.56. The van der Waals surface area contributed by atoms with E-state index >= 15 is 0 Å². The molecule has 1 atom stereocenters. The van der Waals surface area contributed by atoms with Gasteiger partial charge in [0.05, 0.1) is 6.54 Å². The number of halogens is 2. The molecule has 0 aromatic heterocycles. The average molecular weight is 451 g/mol. The number of aliphatic hydroxyl groups excluding tert-OH is 1. The van der Waals surface area contributed by atoms with Gasteiger partial charge in [0.25, 0.3) is 0 Å². The summed E-state index contributed by atoms with van der Waals surface area (Å²) >= 11 is 0. The van der Waals surface area contributed by atoms with Crippen molar-refractivity contribution in [2.45, 2.75) is 44.8 Å². The summed E-state index contributed by atoms with van der Waals surface area (Å²) < 4.78 is 18.2. The summed E-state index contributed by atoms with van der Waals surface area (Å²) in [6.45, 7) is 3.17. The van der Waals surface area contributed by atoms with Crippen LogP contribution in [0.25, 0.3) is 0 Å². The molecule has 1 aromatic rings. The summed E-state index contributed by atoms with van der Waals surface area (Å²) in [6.07, 6.45) is 4.14. The van der Waals surface area contributed by atoms with Gasteiger partial charge in [0, 0.05) is 12.6 Å². The van der Waals surface area contributed by atoms with E-state index in [1.54, 1.807) is 0 Å². The monoisotopic (exact) mass is 451 g/mol. The summed E-state index contributed by atoms with van der Waals surface area (Å²) in [5, 5.41) is 16.6. The van der Waals surface area contributed by atoms with Crippen LogP contribution in [0.5, 0.6) is 5.75 Å². The number of nitrogens with zero attached hydrogens (tertiary/aromatic N) is 1.